The molecule has 7 heteroatoms. The standard InChI is InChI=1S/C16H21FN2.C2H2O4/c1-18(2)9-10-19-15-6-4-3-5-13(15)14-11-12(17)7-8-16(14)19;3-1(4)2(5)6/h7-8,11H,3-6,9-10H2,1-2H3;(H,3,4)(H,5,6). The van der Waals surface area contributed by atoms with Crippen LogP contribution in [0.4, 0.5) is 4.39 Å². The zero-order valence-corrected chi connectivity index (χ0v) is 14.5. The SMILES string of the molecule is C[NH+](C)CCn1c2c(c3cc(F)ccc31)CCCC2.O=C([O-])C(=O)O. The number of aryl methyl sites for hydroxylation is 1. The zero-order valence-electron chi connectivity index (χ0n) is 14.5. The Morgan fingerprint density at radius 3 is 2.52 bits per heavy atom. The molecule has 1 aromatic heterocycles. The second kappa shape index (κ2) is 8.11. The van der Waals surface area contributed by atoms with Crippen molar-refractivity contribution >= 4 is 22.8 Å². The molecule has 2 aromatic rings. The fraction of sp³-hybridized carbons (Fsp3) is 0.444. The first-order valence-corrected chi connectivity index (χ1v) is 8.34. The average molecular weight is 350 g/mol. The number of likely N-dealkylation sites (N-methyl/N-ethyl adjacent to an activating group) is 1. The Labute approximate surface area is 145 Å². The van der Waals surface area contributed by atoms with Gasteiger partial charge in [0.1, 0.15) is 5.82 Å². The number of fused-ring (bicyclic) bond motifs is 3. The molecule has 0 atom stereocenters. The molecule has 3 rings (SSSR count). The summed E-state index contributed by atoms with van der Waals surface area (Å²) in [5, 5.41) is 17.5. The molecule has 0 fully saturated rings. The molecule has 0 radical (unpaired) electrons. The number of halogens is 1. The Balaban J connectivity index is 0.000000326. The molecule has 25 heavy (non-hydrogen) atoms. The van der Waals surface area contributed by atoms with Crippen molar-refractivity contribution in [3.8, 4) is 0 Å². The van der Waals surface area contributed by atoms with E-state index in [9.17, 15) is 4.39 Å². The molecule has 136 valence electrons. The van der Waals surface area contributed by atoms with Gasteiger partial charge in [0.15, 0.2) is 5.97 Å². The summed E-state index contributed by atoms with van der Waals surface area (Å²) in [6.07, 6.45) is 4.76. The van der Waals surface area contributed by atoms with Crippen LogP contribution in [0.3, 0.4) is 0 Å². The summed E-state index contributed by atoms with van der Waals surface area (Å²) in [5.41, 5.74) is 4.07. The summed E-state index contributed by atoms with van der Waals surface area (Å²) >= 11 is 0. The van der Waals surface area contributed by atoms with Gasteiger partial charge in [-0.2, -0.15) is 0 Å². The number of hydrogen-bond acceptors (Lipinski definition) is 3. The fourth-order valence-corrected chi connectivity index (χ4v) is 3.20. The minimum Gasteiger partial charge on any atom is -0.539 e. The predicted molar refractivity (Wildman–Crippen MR) is 88.9 cm³/mol. The third kappa shape index (κ3) is 4.57. The lowest BCUT2D eigenvalue weighted by Gasteiger charge is -2.16. The molecule has 0 amide bonds. The highest BCUT2D eigenvalue weighted by molar-refractivity contribution is 6.26. The summed E-state index contributed by atoms with van der Waals surface area (Å²) in [5.74, 6) is -4.12. The van der Waals surface area contributed by atoms with Gasteiger partial charge in [-0.15, -0.1) is 0 Å². The van der Waals surface area contributed by atoms with Crippen molar-refractivity contribution in [1.29, 1.82) is 0 Å². The van der Waals surface area contributed by atoms with Crippen molar-refractivity contribution in [3.63, 3.8) is 0 Å². The minimum atomic E-state index is -2.07. The van der Waals surface area contributed by atoms with Crippen LogP contribution in [0.2, 0.25) is 0 Å². The van der Waals surface area contributed by atoms with Crippen LogP contribution in [0.5, 0.6) is 0 Å². The molecule has 1 aliphatic carbocycles. The maximum Gasteiger partial charge on any atom is 0.351 e. The molecule has 1 heterocycles. The van der Waals surface area contributed by atoms with E-state index in [1.165, 1.54) is 34.5 Å². The van der Waals surface area contributed by atoms with E-state index in [0.717, 1.165) is 31.3 Å². The van der Waals surface area contributed by atoms with Crippen LogP contribution in [0.15, 0.2) is 18.2 Å². The molecule has 2 N–H and O–H groups in total. The van der Waals surface area contributed by atoms with Crippen LogP contribution in [0, 0.1) is 5.82 Å². The van der Waals surface area contributed by atoms with E-state index in [2.05, 4.69) is 18.7 Å². The maximum atomic E-state index is 13.5. The summed E-state index contributed by atoms with van der Waals surface area (Å²) in [6, 6.07) is 5.26. The third-order valence-electron chi connectivity index (χ3n) is 4.35. The molecular weight excluding hydrogens is 327 g/mol. The van der Waals surface area contributed by atoms with E-state index in [4.69, 9.17) is 19.8 Å². The van der Waals surface area contributed by atoms with E-state index in [-0.39, 0.29) is 5.82 Å². The van der Waals surface area contributed by atoms with Gasteiger partial charge in [0.05, 0.1) is 27.2 Å². The van der Waals surface area contributed by atoms with Crippen LogP contribution in [-0.4, -0.2) is 42.3 Å². The van der Waals surface area contributed by atoms with E-state index in [1.54, 1.807) is 12.1 Å². The number of aromatic nitrogens is 1. The topological polar surface area (TPSA) is 86.8 Å². The maximum absolute atomic E-state index is 13.5. The van der Waals surface area contributed by atoms with Crippen molar-refractivity contribution < 1.29 is 29.1 Å². The number of nitrogens with one attached hydrogen (secondary N) is 1. The summed E-state index contributed by atoms with van der Waals surface area (Å²) < 4.78 is 15.9. The summed E-state index contributed by atoms with van der Waals surface area (Å²) in [6.45, 7) is 2.13. The van der Waals surface area contributed by atoms with Crippen molar-refractivity contribution in [3.05, 3.63) is 35.3 Å². The van der Waals surface area contributed by atoms with Gasteiger partial charge < -0.3 is 24.5 Å². The monoisotopic (exact) mass is 350 g/mol. The number of carboxylic acid groups (broad SMARTS) is 2. The zero-order chi connectivity index (χ0) is 18.6. The highest BCUT2D eigenvalue weighted by Gasteiger charge is 2.20. The van der Waals surface area contributed by atoms with Gasteiger partial charge in [0, 0.05) is 16.6 Å². The second-order valence-corrected chi connectivity index (χ2v) is 6.50. The quantitative estimate of drug-likeness (QED) is 0.739. The molecule has 0 aliphatic heterocycles. The predicted octanol–water partition coefficient (Wildman–Crippen LogP) is -0.375. The number of carboxylic acids is 2. The number of carbonyl (C=O) groups is 2. The van der Waals surface area contributed by atoms with Crippen LogP contribution in [0.1, 0.15) is 24.1 Å². The Hall–Kier alpha value is -2.41. The smallest absolute Gasteiger partial charge is 0.351 e. The number of hydrogen-bond donors (Lipinski definition) is 2. The Morgan fingerprint density at radius 1 is 1.28 bits per heavy atom. The molecular formula is C18H23FN2O4. The number of carbonyl (C=O) groups excluding carboxylic acids is 1. The van der Waals surface area contributed by atoms with Crippen LogP contribution < -0.4 is 10.0 Å². The van der Waals surface area contributed by atoms with Gasteiger partial charge in [-0.1, -0.05) is 0 Å². The van der Waals surface area contributed by atoms with Crippen molar-refractivity contribution in [2.24, 2.45) is 0 Å². The van der Waals surface area contributed by atoms with E-state index < -0.39 is 11.9 Å². The first-order valence-electron chi connectivity index (χ1n) is 8.34. The number of aliphatic carboxylic acids is 2. The lowest BCUT2D eigenvalue weighted by molar-refractivity contribution is -0.858. The molecule has 1 aliphatic rings. The van der Waals surface area contributed by atoms with E-state index in [1.807, 2.05) is 6.07 Å². The normalized spacial score (nSPS) is 13.3. The average Bonchev–Trinajstić information content (AvgIpc) is 2.86. The lowest BCUT2D eigenvalue weighted by Crippen LogP contribution is -3.06. The largest absolute Gasteiger partial charge is 0.539 e. The highest BCUT2D eigenvalue weighted by atomic mass is 19.1. The lowest BCUT2D eigenvalue weighted by atomic mass is 9.95. The highest BCUT2D eigenvalue weighted by Crippen LogP contribution is 2.32. The number of rotatable bonds is 3. The second-order valence-electron chi connectivity index (χ2n) is 6.50. The number of benzene rings is 1. The van der Waals surface area contributed by atoms with Gasteiger partial charge in [-0.3, -0.25) is 0 Å². The minimum absolute atomic E-state index is 0.115. The van der Waals surface area contributed by atoms with E-state index in [0.29, 0.717) is 0 Å². The Kier molecular flexibility index (Phi) is 6.14. The number of nitrogens with zero attached hydrogens (tertiary/aromatic N) is 1. The van der Waals surface area contributed by atoms with Gasteiger partial charge >= 0.3 is 5.97 Å². The van der Waals surface area contributed by atoms with Gasteiger partial charge in [0.2, 0.25) is 0 Å². The van der Waals surface area contributed by atoms with Crippen LogP contribution >= 0.6 is 0 Å². The molecule has 0 saturated carbocycles. The van der Waals surface area contributed by atoms with Gasteiger partial charge in [-0.25, -0.2) is 9.18 Å². The fourth-order valence-electron chi connectivity index (χ4n) is 3.20. The van der Waals surface area contributed by atoms with Gasteiger partial charge in [-0.05, 0) is 49.4 Å². The first kappa shape index (κ1) is 18.9. The Bertz CT molecular complexity index is 771. The molecule has 6 nitrogen and oxygen atoms in total. The van der Waals surface area contributed by atoms with Crippen molar-refractivity contribution in [2.45, 2.75) is 32.2 Å². The summed E-state index contributed by atoms with van der Waals surface area (Å²) in [4.78, 5) is 19.5. The third-order valence-corrected chi connectivity index (χ3v) is 4.35. The molecule has 1 aromatic carbocycles. The first-order chi connectivity index (χ1) is 11.8. The number of quaternary nitrogens is 1. The van der Waals surface area contributed by atoms with Crippen molar-refractivity contribution in [1.82, 2.24) is 4.57 Å². The van der Waals surface area contributed by atoms with E-state index >= 15 is 0 Å². The molecule has 0 bridgehead atoms. The molecule has 0 unspecified atom stereocenters. The molecule has 0 saturated heterocycles. The molecule has 0 spiro atoms. The van der Waals surface area contributed by atoms with Gasteiger partial charge in [0.25, 0.3) is 0 Å². The Morgan fingerprint density at radius 2 is 1.92 bits per heavy atom. The van der Waals surface area contributed by atoms with Crippen molar-refractivity contribution in [2.75, 3.05) is 20.6 Å². The van der Waals surface area contributed by atoms with Crippen LogP contribution in [-0.2, 0) is 29.0 Å². The van der Waals surface area contributed by atoms with Crippen LogP contribution in [0.25, 0.3) is 10.9 Å². The summed E-state index contributed by atoms with van der Waals surface area (Å²) in [7, 11) is 4.36.